The molecule has 0 aromatic rings. The molecule has 10 heavy (non-hydrogen) atoms. The zero-order valence-electron chi connectivity index (χ0n) is 6.45. The zero-order chi connectivity index (χ0) is 7.98. The number of unbranched alkanes of at least 4 members (excludes halogenated alkanes) is 2. The maximum Gasteiger partial charge on any atom is 0.131 e. The maximum absolute atomic E-state index is 12.4. The molecule has 2 atom stereocenters. The molecule has 2 heteroatoms. The highest BCUT2D eigenvalue weighted by Gasteiger charge is 2.13. The van der Waals surface area contributed by atoms with Gasteiger partial charge >= 0.3 is 0 Å². The molecule has 0 amide bonds. The van der Waals surface area contributed by atoms with E-state index < -0.39 is 12.3 Å². The molecule has 0 aliphatic carbocycles. The number of hydrogen-bond acceptors (Lipinski definition) is 0. The standard InChI is InChI=1S/C8H15F2/c1-3-4-5-6-8(10)7(2)9/h7-8H,2-6H2,1H3. The highest BCUT2D eigenvalue weighted by Crippen LogP contribution is 2.11. The summed E-state index contributed by atoms with van der Waals surface area (Å²) >= 11 is 0. The van der Waals surface area contributed by atoms with Gasteiger partial charge in [-0.2, -0.15) is 0 Å². The van der Waals surface area contributed by atoms with Gasteiger partial charge in [0.05, 0.1) is 0 Å². The Morgan fingerprint density at radius 2 is 1.90 bits per heavy atom. The molecule has 61 valence electrons. The highest BCUT2D eigenvalue weighted by molar-refractivity contribution is 4.69. The monoisotopic (exact) mass is 149 g/mol. The lowest BCUT2D eigenvalue weighted by molar-refractivity contribution is 0.188. The predicted octanol–water partition coefficient (Wildman–Crippen LogP) is 3.08. The molecule has 1 radical (unpaired) electrons. The van der Waals surface area contributed by atoms with Gasteiger partial charge in [0.1, 0.15) is 12.3 Å². The second-order valence-electron chi connectivity index (χ2n) is 2.53. The van der Waals surface area contributed by atoms with Crippen LogP contribution in [-0.4, -0.2) is 12.3 Å². The van der Waals surface area contributed by atoms with E-state index in [0.29, 0.717) is 6.42 Å². The molecule has 0 rings (SSSR count). The molecule has 0 spiro atoms. The molecule has 0 N–H and O–H groups in total. The van der Waals surface area contributed by atoms with Crippen LogP contribution in [0.25, 0.3) is 0 Å². The number of alkyl halides is 2. The summed E-state index contributed by atoms with van der Waals surface area (Å²) in [4.78, 5) is 0. The fraction of sp³-hybridized carbons (Fsp3) is 0.875. The molecule has 0 aliphatic rings. The lowest BCUT2D eigenvalue weighted by Crippen LogP contribution is -2.12. The quantitative estimate of drug-likeness (QED) is 0.527. The van der Waals surface area contributed by atoms with Crippen molar-refractivity contribution in [2.24, 2.45) is 0 Å². The SMILES string of the molecule is [CH2]C(F)C(F)CCCCC. The number of halogens is 2. The summed E-state index contributed by atoms with van der Waals surface area (Å²) in [5, 5.41) is 0. The number of rotatable bonds is 5. The van der Waals surface area contributed by atoms with E-state index >= 15 is 0 Å². The minimum atomic E-state index is -1.54. The Kier molecular flexibility index (Phi) is 5.55. The molecule has 0 nitrogen and oxygen atoms in total. The van der Waals surface area contributed by atoms with Crippen molar-refractivity contribution in [2.45, 2.75) is 45.0 Å². The first-order valence-corrected chi connectivity index (χ1v) is 3.79. The Bertz CT molecular complexity index is 71.7. The fourth-order valence-electron chi connectivity index (χ4n) is 0.770. The van der Waals surface area contributed by atoms with E-state index in [0.717, 1.165) is 19.3 Å². The van der Waals surface area contributed by atoms with Gasteiger partial charge in [0.25, 0.3) is 0 Å². The average Bonchev–Trinajstić information content (AvgIpc) is 1.88. The Hall–Kier alpha value is -0.140. The molecule has 0 saturated carbocycles. The van der Waals surface area contributed by atoms with E-state index in [-0.39, 0.29) is 0 Å². The molecule has 2 unspecified atom stereocenters. The van der Waals surface area contributed by atoms with Crippen molar-refractivity contribution in [2.75, 3.05) is 0 Å². The van der Waals surface area contributed by atoms with Crippen LogP contribution in [0.2, 0.25) is 0 Å². The van der Waals surface area contributed by atoms with E-state index in [4.69, 9.17) is 0 Å². The topological polar surface area (TPSA) is 0 Å². The van der Waals surface area contributed by atoms with Gasteiger partial charge in [0, 0.05) is 0 Å². The van der Waals surface area contributed by atoms with Crippen LogP contribution in [-0.2, 0) is 0 Å². The molecule has 0 aromatic heterocycles. The normalized spacial score (nSPS) is 16.8. The minimum Gasteiger partial charge on any atom is -0.244 e. The molecular weight excluding hydrogens is 134 g/mol. The Labute approximate surface area is 61.6 Å². The smallest absolute Gasteiger partial charge is 0.131 e. The van der Waals surface area contributed by atoms with Crippen LogP contribution in [0, 0.1) is 6.92 Å². The van der Waals surface area contributed by atoms with Crippen LogP contribution in [0.3, 0.4) is 0 Å². The molecule has 0 saturated heterocycles. The van der Waals surface area contributed by atoms with E-state index in [1.807, 2.05) is 6.92 Å². The lowest BCUT2D eigenvalue weighted by atomic mass is 10.1. The highest BCUT2D eigenvalue weighted by atomic mass is 19.2. The second kappa shape index (κ2) is 5.63. The van der Waals surface area contributed by atoms with Gasteiger partial charge in [-0.1, -0.05) is 26.2 Å². The lowest BCUT2D eigenvalue weighted by Gasteiger charge is -2.07. The minimum absolute atomic E-state index is 0.318. The largest absolute Gasteiger partial charge is 0.244 e. The van der Waals surface area contributed by atoms with Gasteiger partial charge < -0.3 is 0 Å². The summed E-state index contributed by atoms with van der Waals surface area (Å²) in [7, 11) is 0. The third-order valence-corrected chi connectivity index (χ3v) is 1.48. The first kappa shape index (κ1) is 9.86. The Morgan fingerprint density at radius 3 is 2.30 bits per heavy atom. The van der Waals surface area contributed by atoms with Gasteiger partial charge in [0.15, 0.2) is 0 Å². The van der Waals surface area contributed by atoms with Crippen molar-refractivity contribution in [1.29, 1.82) is 0 Å². The molecule has 0 fully saturated rings. The molecule has 0 bridgehead atoms. The number of hydrogen-bond donors (Lipinski definition) is 0. The van der Waals surface area contributed by atoms with Crippen molar-refractivity contribution in [3.8, 4) is 0 Å². The van der Waals surface area contributed by atoms with Gasteiger partial charge in [-0.3, -0.25) is 0 Å². The third-order valence-electron chi connectivity index (χ3n) is 1.48. The Morgan fingerprint density at radius 1 is 1.30 bits per heavy atom. The van der Waals surface area contributed by atoms with E-state index in [9.17, 15) is 8.78 Å². The molecule has 0 aromatic carbocycles. The molecule has 0 aliphatic heterocycles. The predicted molar refractivity (Wildman–Crippen MR) is 39.3 cm³/mol. The van der Waals surface area contributed by atoms with Gasteiger partial charge in [-0.15, -0.1) is 0 Å². The van der Waals surface area contributed by atoms with Gasteiger partial charge in [0.2, 0.25) is 0 Å². The van der Waals surface area contributed by atoms with Crippen LogP contribution < -0.4 is 0 Å². The van der Waals surface area contributed by atoms with Crippen LogP contribution >= 0.6 is 0 Å². The van der Waals surface area contributed by atoms with Crippen molar-refractivity contribution < 1.29 is 8.78 Å². The van der Waals surface area contributed by atoms with Crippen LogP contribution in [0.15, 0.2) is 0 Å². The zero-order valence-corrected chi connectivity index (χ0v) is 6.45. The van der Waals surface area contributed by atoms with E-state index in [2.05, 4.69) is 6.92 Å². The summed E-state index contributed by atoms with van der Waals surface area (Å²) in [6.07, 6.45) is 0.212. The second-order valence-corrected chi connectivity index (χ2v) is 2.53. The van der Waals surface area contributed by atoms with Crippen LogP contribution in [0.1, 0.15) is 32.6 Å². The summed E-state index contributed by atoms with van der Waals surface area (Å²) in [5.74, 6) is 0. The Balaban J connectivity index is 3.13. The van der Waals surface area contributed by atoms with Crippen LogP contribution in [0.5, 0.6) is 0 Å². The summed E-state index contributed by atoms with van der Waals surface area (Å²) in [5.41, 5.74) is 0. The molecular formula is C8H15F2. The van der Waals surface area contributed by atoms with Gasteiger partial charge in [-0.25, -0.2) is 8.78 Å². The average molecular weight is 149 g/mol. The third kappa shape index (κ3) is 4.71. The van der Waals surface area contributed by atoms with E-state index in [1.54, 1.807) is 0 Å². The maximum atomic E-state index is 12.4. The fourth-order valence-corrected chi connectivity index (χ4v) is 0.770. The van der Waals surface area contributed by atoms with E-state index in [1.165, 1.54) is 0 Å². The summed E-state index contributed by atoms with van der Waals surface area (Å²) in [6.45, 7) is 5.01. The summed E-state index contributed by atoms with van der Waals surface area (Å²) in [6, 6.07) is 0. The first-order chi connectivity index (χ1) is 4.68. The van der Waals surface area contributed by atoms with Crippen molar-refractivity contribution in [3.63, 3.8) is 0 Å². The summed E-state index contributed by atoms with van der Waals surface area (Å²) < 4.78 is 24.4. The van der Waals surface area contributed by atoms with Crippen molar-refractivity contribution in [3.05, 3.63) is 6.92 Å². The van der Waals surface area contributed by atoms with Crippen molar-refractivity contribution >= 4 is 0 Å². The van der Waals surface area contributed by atoms with Gasteiger partial charge in [-0.05, 0) is 13.3 Å². The van der Waals surface area contributed by atoms with Crippen LogP contribution in [0.4, 0.5) is 8.78 Å². The molecule has 0 heterocycles. The van der Waals surface area contributed by atoms with Crippen molar-refractivity contribution in [1.82, 2.24) is 0 Å². The first-order valence-electron chi connectivity index (χ1n) is 3.79.